The zero-order valence-corrected chi connectivity index (χ0v) is 13.6. The smallest absolute Gasteiger partial charge is 0.264 e. The van der Waals surface area contributed by atoms with E-state index in [1.165, 1.54) is 0 Å². The van der Waals surface area contributed by atoms with E-state index in [-0.39, 0.29) is 31.0 Å². The second kappa shape index (κ2) is 7.94. The van der Waals surface area contributed by atoms with Gasteiger partial charge in [-0.25, -0.2) is 0 Å². The van der Waals surface area contributed by atoms with Crippen molar-refractivity contribution >= 4 is 24.0 Å². The number of halogens is 1. The summed E-state index contributed by atoms with van der Waals surface area (Å²) in [6.45, 7) is 2.88. The van der Waals surface area contributed by atoms with Gasteiger partial charge >= 0.3 is 0 Å². The number of carbonyl (C=O) groups is 1. The van der Waals surface area contributed by atoms with Crippen LogP contribution in [0.25, 0.3) is 0 Å². The van der Waals surface area contributed by atoms with E-state index in [1.807, 2.05) is 0 Å². The van der Waals surface area contributed by atoms with Crippen LogP contribution in [0.3, 0.4) is 0 Å². The van der Waals surface area contributed by atoms with Gasteiger partial charge in [0.15, 0.2) is 12.4 Å². The molecule has 1 amide bonds. The van der Waals surface area contributed by atoms with Crippen molar-refractivity contribution in [3.05, 3.63) is 36.0 Å². The van der Waals surface area contributed by atoms with Gasteiger partial charge in [0.05, 0.1) is 6.04 Å². The number of rotatable bonds is 5. The number of aromatic nitrogens is 2. The first-order valence-corrected chi connectivity index (χ1v) is 7.27. The summed E-state index contributed by atoms with van der Waals surface area (Å²) in [4.78, 5) is 16.0. The van der Waals surface area contributed by atoms with Gasteiger partial charge in [0.2, 0.25) is 5.91 Å². The van der Waals surface area contributed by atoms with Gasteiger partial charge in [-0.1, -0.05) is 5.16 Å². The largest absolute Gasteiger partial charge is 0.484 e. The van der Waals surface area contributed by atoms with Crippen LogP contribution in [-0.2, 0) is 11.4 Å². The van der Waals surface area contributed by atoms with E-state index >= 15 is 0 Å². The lowest BCUT2D eigenvalue weighted by Gasteiger charge is -2.11. The van der Waals surface area contributed by atoms with Crippen LogP contribution >= 0.6 is 12.4 Å². The number of hydrogen-bond acceptors (Lipinski definition) is 6. The number of anilines is 1. The molecule has 2 heterocycles. The molecule has 1 aliphatic heterocycles. The van der Waals surface area contributed by atoms with Gasteiger partial charge in [-0.05, 0) is 50.6 Å². The molecule has 0 saturated carbocycles. The van der Waals surface area contributed by atoms with Crippen molar-refractivity contribution in [3.8, 4) is 5.75 Å². The van der Waals surface area contributed by atoms with E-state index in [9.17, 15) is 4.79 Å². The van der Waals surface area contributed by atoms with Crippen LogP contribution in [0, 0.1) is 6.92 Å². The molecular formula is C15H19ClN4O3. The minimum Gasteiger partial charge on any atom is -0.484 e. The van der Waals surface area contributed by atoms with Crippen LogP contribution in [-0.4, -0.2) is 28.6 Å². The summed E-state index contributed by atoms with van der Waals surface area (Å²) < 4.78 is 10.5. The lowest BCUT2D eigenvalue weighted by Crippen LogP contribution is -2.35. The van der Waals surface area contributed by atoms with Crippen LogP contribution in [0.5, 0.6) is 5.75 Å². The fraction of sp³-hybridized carbons (Fsp3) is 0.400. The van der Waals surface area contributed by atoms with Gasteiger partial charge in [0.25, 0.3) is 5.89 Å². The Morgan fingerprint density at radius 2 is 2.22 bits per heavy atom. The maximum atomic E-state index is 12.0. The first-order chi connectivity index (χ1) is 10.7. The molecule has 1 saturated heterocycles. The molecule has 0 aliphatic carbocycles. The molecule has 1 aliphatic rings. The molecule has 1 fully saturated rings. The Bertz CT molecular complexity index is 638. The van der Waals surface area contributed by atoms with E-state index < -0.39 is 0 Å². The Morgan fingerprint density at radius 1 is 1.43 bits per heavy atom. The van der Waals surface area contributed by atoms with E-state index in [2.05, 4.69) is 20.8 Å². The number of hydrogen-bond donors (Lipinski definition) is 2. The van der Waals surface area contributed by atoms with Crippen LogP contribution in [0.4, 0.5) is 5.69 Å². The summed E-state index contributed by atoms with van der Waals surface area (Å²) >= 11 is 0. The minimum atomic E-state index is -0.0864. The number of nitrogens with one attached hydrogen (secondary N) is 2. The lowest BCUT2D eigenvalue weighted by atomic mass is 10.2. The van der Waals surface area contributed by atoms with E-state index in [4.69, 9.17) is 9.26 Å². The molecule has 2 aromatic rings. The summed E-state index contributed by atoms with van der Waals surface area (Å²) in [6.07, 6.45) is 1.93. The van der Waals surface area contributed by atoms with Crippen molar-refractivity contribution in [2.45, 2.75) is 32.4 Å². The van der Waals surface area contributed by atoms with Gasteiger partial charge in [-0.3, -0.25) is 4.79 Å². The molecule has 1 unspecified atom stereocenters. The molecule has 1 atom stereocenters. The predicted molar refractivity (Wildman–Crippen MR) is 86.7 cm³/mol. The van der Waals surface area contributed by atoms with Crippen molar-refractivity contribution in [2.75, 3.05) is 11.9 Å². The first-order valence-electron chi connectivity index (χ1n) is 7.27. The predicted octanol–water partition coefficient (Wildman–Crippen LogP) is 2.07. The van der Waals surface area contributed by atoms with Crippen molar-refractivity contribution < 1.29 is 14.1 Å². The number of amides is 1. The van der Waals surface area contributed by atoms with Crippen molar-refractivity contribution in [1.29, 1.82) is 0 Å². The third-order valence-electron chi connectivity index (χ3n) is 3.43. The maximum Gasteiger partial charge on any atom is 0.264 e. The van der Waals surface area contributed by atoms with E-state index in [1.54, 1.807) is 31.2 Å². The molecule has 1 aromatic carbocycles. The molecule has 0 bridgehead atoms. The summed E-state index contributed by atoms with van der Waals surface area (Å²) in [6, 6.07) is 7.11. The molecule has 1 aromatic heterocycles. The summed E-state index contributed by atoms with van der Waals surface area (Å²) in [5, 5.41) is 9.75. The van der Waals surface area contributed by atoms with Crippen LogP contribution in [0.15, 0.2) is 28.8 Å². The number of aryl methyl sites for hydroxylation is 1. The van der Waals surface area contributed by atoms with Crippen molar-refractivity contribution in [1.82, 2.24) is 15.5 Å². The van der Waals surface area contributed by atoms with Gasteiger partial charge in [-0.15, -0.1) is 12.4 Å². The maximum absolute atomic E-state index is 12.0. The molecule has 3 rings (SSSR count). The Balaban J connectivity index is 0.00000192. The highest BCUT2D eigenvalue weighted by Crippen LogP contribution is 2.17. The first kappa shape index (κ1) is 17.2. The zero-order valence-electron chi connectivity index (χ0n) is 12.7. The Labute approximate surface area is 140 Å². The molecule has 124 valence electrons. The normalized spacial score (nSPS) is 16.7. The molecule has 0 spiro atoms. The quantitative estimate of drug-likeness (QED) is 0.867. The van der Waals surface area contributed by atoms with Crippen molar-refractivity contribution in [2.24, 2.45) is 0 Å². The van der Waals surface area contributed by atoms with Crippen LogP contribution < -0.4 is 15.4 Å². The van der Waals surface area contributed by atoms with Gasteiger partial charge in [-0.2, -0.15) is 4.98 Å². The van der Waals surface area contributed by atoms with E-state index in [0.29, 0.717) is 17.5 Å². The number of ether oxygens (including phenoxy) is 1. The number of nitrogens with zero attached hydrogens (tertiary/aromatic N) is 2. The SMILES string of the molecule is Cc1noc(COc2ccc(NC(=O)C3CCCN3)cc2)n1.Cl. The van der Waals surface area contributed by atoms with Gasteiger partial charge in [0.1, 0.15) is 5.75 Å². The zero-order chi connectivity index (χ0) is 15.4. The highest BCUT2D eigenvalue weighted by molar-refractivity contribution is 5.95. The average Bonchev–Trinajstić information content (AvgIpc) is 3.18. The van der Waals surface area contributed by atoms with Crippen molar-refractivity contribution in [3.63, 3.8) is 0 Å². The summed E-state index contributed by atoms with van der Waals surface area (Å²) in [5.74, 6) is 1.69. The third kappa shape index (κ3) is 4.67. The monoisotopic (exact) mass is 338 g/mol. The molecule has 7 nitrogen and oxygen atoms in total. The Kier molecular flexibility index (Phi) is 5.95. The topological polar surface area (TPSA) is 89.3 Å². The molecule has 23 heavy (non-hydrogen) atoms. The lowest BCUT2D eigenvalue weighted by molar-refractivity contribution is -0.117. The van der Waals surface area contributed by atoms with Crippen LogP contribution in [0.2, 0.25) is 0 Å². The number of benzene rings is 1. The molecule has 2 N–H and O–H groups in total. The van der Waals surface area contributed by atoms with Crippen LogP contribution in [0.1, 0.15) is 24.6 Å². The average molecular weight is 339 g/mol. The highest BCUT2D eigenvalue weighted by atomic mass is 35.5. The Hall–Kier alpha value is -2.12. The summed E-state index contributed by atoms with van der Waals surface area (Å²) in [7, 11) is 0. The second-order valence-corrected chi connectivity index (χ2v) is 5.19. The summed E-state index contributed by atoms with van der Waals surface area (Å²) in [5.41, 5.74) is 0.750. The highest BCUT2D eigenvalue weighted by Gasteiger charge is 2.21. The Morgan fingerprint density at radius 3 is 2.83 bits per heavy atom. The van der Waals surface area contributed by atoms with E-state index in [0.717, 1.165) is 25.1 Å². The third-order valence-corrected chi connectivity index (χ3v) is 3.43. The molecule has 8 heteroatoms. The standard InChI is InChI=1S/C15H18N4O3.ClH/c1-10-17-14(22-19-10)9-21-12-6-4-11(5-7-12)18-15(20)13-3-2-8-16-13;/h4-7,13,16H,2-3,8-9H2,1H3,(H,18,20);1H. The fourth-order valence-corrected chi connectivity index (χ4v) is 2.32. The molecule has 0 radical (unpaired) electrons. The second-order valence-electron chi connectivity index (χ2n) is 5.19. The fourth-order valence-electron chi connectivity index (χ4n) is 2.32. The number of carbonyl (C=O) groups excluding carboxylic acids is 1. The molecular weight excluding hydrogens is 320 g/mol. The minimum absolute atomic E-state index is 0. The van der Waals surface area contributed by atoms with Gasteiger partial charge in [0, 0.05) is 5.69 Å². The van der Waals surface area contributed by atoms with Gasteiger partial charge < -0.3 is 19.9 Å².